The molecule has 1 aliphatic heterocycles. The largest absolute Gasteiger partial charge is 0.490 e. The van der Waals surface area contributed by atoms with Crippen LogP contribution in [0.5, 0.6) is 0 Å². The molecule has 0 spiro atoms. The first-order valence-electron chi connectivity index (χ1n) is 8.26. The van der Waals surface area contributed by atoms with Gasteiger partial charge in [0.2, 0.25) is 5.76 Å². The number of carboxylic acid groups (broad SMARTS) is 1. The summed E-state index contributed by atoms with van der Waals surface area (Å²) in [7, 11) is 0. The van der Waals surface area contributed by atoms with Crippen molar-refractivity contribution in [3.8, 4) is 0 Å². The highest BCUT2D eigenvalue weighted by Gasteiger charge is 2.38. The highest BCUT2D eigenvalue weighted by Crippen LogP contribution is 2.16. The summed E-state index contributed by atoms with van der Waals surface area (Å²) in [5.41, 5.74) is 0.938. The predicted octanol–water partition coefficient (Wildman–Crippen LogP) is 1.41. The van der Waals surface area contributed by atoms with Crippen molar-refractivity contribution in [3.63, 3.8) is 0 Å². The van der Waals surface area contributed by atoms with E-state index in [-0.39, 0.29) is 11.7 Å². The van der Waals surface area contributed by atoms with Crippen LogP contribution in [0, 0.1) is 0 Å². The minimum atomic E-state index is -5.08. The number of aliphatic carboxylic acids is 1. The molecule has 0 aromatic carbocycles. The van der Waals surface area contributed by atoms with Gasteiger partial charge in [-0.3, -0.25) is 9.48 Å². The van der Waals surface area contributed by atoms with Crippen molar-refractivity contribution in [1.29, 1.82) is 0 Å². The molecule has 29 heavy (non-hydrogen) atoms. The number of imidazole rings is 1. The number of carboxylic acids is 1. The maximum Gasteiger partial charge on any atom is 0.490 e. The van der Waals surface area contributed by atoms with E-state index >= 15 is 0 Å². The van der Waals surface area contributed by atoms with Crippen LogP contribution in [0.15, 0.2) is 41.4 Å². The van der Waals surface area contributed by atoms with Gasteiger partial charge in [-0.05, 0) is 6.07 Å². The van der Waals surface area contributed by atoms with E-state index in [4.69, 9.17) is 14.4 Å². The first-order valence-corrected chi connectivity index (χ1v) is 8.26. The Morgan fingerprint density at radius 3 is 2.59 bits per heavy atom. The van der Waals surface area contributed by atoms with Crippen molar-refractivity contribution in [2.75, 3.05) is 6.54 Å². The van der Waals surface area contributed by atoms with Crippen LogP contribution in [-0.4, -0.2) is 59.1 Å². The standard InChI is InChI=1S/C14H14N6O2.C2HF3O2/c21-14(12-2-4-16-22-12)19-7-6-18-8-11(17-13(18)10-19)9-20-5-1-3-15-20;3-2(4,5)1(6)7/h1-5,8H,6-7,9-10H2;(H,6,7). The molecule has 0 atom stereocenters. The van der Waals surface area contributed by atoms with Crippen LogP contribution in [0.2, 0.25) is 0 Å². The Morgan fingerprint density at radius 2 is 2.00 bits per heavy atom. The number of carbonyl (C=O) groups excluding carboxylic acids is 1. The Hall–Kier alpha value is -3.64. The Balaban J connectivity index is 0.000000298. The second-order valence-corrected chi connectivity index (χ2v) is 5.95. The van der Waals surface area contributed by atoms with Crippen molar-refractivity contribution in [3.05, 3.63) is 54.2 Å². The molecule has 1 N–H and O–H groups in total. The first-order chi connectivity index (χ1) is 13.7. The summed E-state index contributed by atoms with van der Waals surface area (Å²) in [6.07, 6.45) is 2.06. The van der Waals surface area contributed by atoms with Crippen LogP contribution in [-0.2, 0) is 24.4 Å². The third kappa shape index (κ3) is 5.00. The molecule has 0 saturated heterocycles. The molecule has 1 aliphatic rings. The molecule has 4 heterocycles. The number of hydrogen-bond acceptors (Lipinski definition) is 6. The maximum atomic E-state index is 12.3. The summed E-state index contributed by atoms with van der Waals surface area (Å²) in [6, 6.07) is 3.46. The molecule has 0 aliphatic carbocycles. The summed E-state index contributed by atoms with van der Waals surface area (Å²) in [6.45, 7) is 2.45. The van der Waals surface area contributed by atoms with Crippen LogP contribution >= 0.6 is 0 Å². The lowest BCUT2D eigenvalue weighted by Crippen LogP contribution is -2.38. The van der Waals surface area contributed by atoms with Crippen LogP contribution in [0.25, 0.3) is 0 Å². The van der Waals surface area contributed by atoms with Gasteiger partial charge in [0, 0.05) is 37.7 Å². The zero-order valence-electron chi connectivity index (χ0n) is 14.8. The summed E-state index contributed by atoms with van der Waals surface area (Å²) < 4.78 is 40.6. The van der Waals surface area contributed by atoms with Gasteiger partial charge >= 0.3 is 12.1 Å². The lowest BCUT2D eigenvalue weighted by molar-refractivity contribution is -0.192. The van der Waals surface area contributed by atoms with Crippen molar-refractivity contribution < 1.29 is 32.4 Å². The highest BCUT2D eigenvalue weighted by molar-refractivity contribution is 5.91. The second kappa shape index (κ2) is 8.16. The first kappa shape index (κ1) is 20.1. The van der Waals surface area contributed by atoms with Crippen molar-refractivity contribution in [2.45, 2.75) is 25.8 Å². The van der Waals surface area contributed by atoms with Gasteiger partial charge in [0.15, 0.2) is 0 Å². The smallest absolute Gasteiger partial charge is 0.475 e. The summed E-state index contributed by atoms with van der Waals surface area (Å²) in [4.78, 5) is 27.5. The summed E-state index contributed by atoms with van der Waals surface area (Å²) in [5, 5.41) is 14.9. The lowest BCUT2D eigenvalue weighted by Gasteiger charge is -2.26. The van der Waals surface area contributed by atoms with E-state index < -0.39 is 12.1 Å². The molecule has 0 unspecified atom stereocenters. The number of aromatic nitrogens is 5. The third-order valence-corrected chi connectivity index (χ3v) is 3.91. The van der Waals surface area contributed by atoms with Gasteiger partial charge in [0.25, 0.3) is 5.91 Å². The van der Waals surface area contributed by atoms with Crippen LogP contribution in [0.4, 0.5) is 13.2 Å². The second-order valence-electron chi connectivity index (χ2n) is 5.95. The van der Waals surface area contributed by atoms with Gasteiger partial charge in [-0.1, -0.05) is 5.16 Å². The number of hydrogen-bond donors (Lipinski definition) is 1. The van der Waals surface area contributed by atoms with E-state index in [0.29, 0.717) is 19.6 Å². The quantitative estimate of drug-likeness (QED) is 0.691. The fraction of sp³-hybridized carbons (Fsp3) is 0.312. The molecule has 13 heteroatoms. The number of halogens is 3. The summed E-state index contributed by atoms with van der Waals surface area (Å²) >= 11 is 0. The molecule has 3 aromatic heterocycles. The minimum Gasteiger partial charge on any atom is -0.475 e. The van der Waals surface area contributed by atoms with E-state index in [9.17, 15) is 18.0 Å². The Kier molecular flexibility index (Phi) is 5.66. The topological polar surface area (TPSA) is 119 Å². The number of amides is 1. The van der Waals surface area contributed by atoms with E-state index in [1.54, 1.807) is 17.2 Å². The van der Waals surface area contributed by atoms with Gasteiger partial charge in [0.05, 0.1) is 25.0 Å². The highest BCUT2D eigenvalue weighted by atomic mass is 19.4. The van der Waals surface area contributed by atoms with Crippen molar-refractivity contribution >= 4 is 11.9 Å². The number of carbonyl (C=O) groups is 2. The Labute approximate surface area is 161 Å². The monoisotopic (exact) mass is 412 g/mol. The van der Waals surface area contributed by atoms with Crippen LogP contribution in [0.3, 0.4) is 0 Å². The van der Waals surface area contributed by atoms with Crippen LogP contribution < -0.4 is 0 Å². The lowest BCUT2D eigenvalue weighted by atomic mass is 10.3. The van der Waals surface area contributed by atoms with Gasteiger partial charge < -0.3 is 19.1 Å². The average molecular weight is 412 g/mol. The molecule has 1 amide bonds. The fourth-order valence-corrected chi connectivity index (χ4v) is 2.60. The van der Waals surface area contributed by atoms with Crippen molar-refractivity contribution in [2.24, 2.45) is 0 Å². The molecule has 0 radical (unpaired) electrons. The normalized spacial score (nSPS) is 13.4. The molecule has 0 saturated carbocycles. The Bertz CT molecular complexity index is 966. The molecule has 3 aromatic rings. The van der Waals surface area contributed by atoms with Crippen LogP contribution in [0.1, 0.15) is 22.1 Å². The molecular weight excluding hydrogens is 397 g/mol. The molecule has 4 rings (SSSR count). The van der Waals surface area contributed by atoms with Gasteiger partial charge in [-0.2, -0.15) is 18.3 Å². The van der Waals surface area contributed by atoms with E-state index in [1.807, 2.05) is 23.1 Å². The third-order valence-electron chi connectivity index (χ3n) is 3.91. The fourth-order valence-electron chi connectivity index (χ4n) is 2.60. The molecular formula is C16H15F3N6O4. The SMILES string of the molecule is O=C(O)C(F)(F)F.O=C(c1ccno1)N1CCn2cc(Cn3cccn3)nc2C1. The zero-order valence-corrected chi connectivity index (χ0v) is 14.8. The molecule has 0 fully saturated rings. The molecule has 10 nitrogen and oxygen atoms in total. The van der Waals surface area contributed by atoms with E-state index in [1.165, 1.54) is 6.20 Å². The van der Waals surface area contributed by atoms with Gasteiger partial charge in [-0.15, -0.1) is 0 Å². The van der Waals surface area contributed by atoms with E-state index in [2.05, 4.69) is 19.8 Å². The number of rotatable bonds is 3. The molecule has 0 bridgehead atoms. The number of alkyl halides is 3. The Morgan fingerprint density at radius 1 is 1.24 bits per heavy atom. The predicted molar refractivity (Wildman–Crippen MR) is 88.5 cm³/mol. The van der Waals surface area contributed by atoms with E-state index in [0.717, 1.165) is 18.1 Å². The number of nitrogens with zero attached hydrogens (tertiary/aromatic N) is 6. The van der Waals surface area contributed by atoms with Crippen molar-refractivity contribution in [1.82, 2.24) is 29.4 Å². The number of fused-ring (bicyclic) bond motifs is 1. The molecule has 154 valence electrons. The summed E-state index contributed by atoms with van der Waals surface area (Å²) in [5.74, 6) is -1.77. The maximum absolute atomic E-state index is 12.3. The van der Waals surface area contributed by atoms with Gasteiger partial charge in [0.1, 0.15) is 5.82 Å². The van der Waals surface area contributed by atoms with Gasteiger partial charge in [-0.25, -0.2) is 9.78 Å². The zero-order chi connectivity index (χ0) is 21.0. The minimum absolute atomic E-state index is 0.152. The average Bonchev–Trinajstić information content (AvgIpc) is 3.42.